The molecule has 0 spiro atoms. The van der Waals surface area contributed by atoms with E-state index >= 15 is 0 Å². The molecule has 0 aromatic heterocycles. The van der Waals surface area contributed by atoms with E-state index in [0.29, 0.717) is 24.3 Å². The van der Waals surface area contributed by atoms with E-state index in [4.69, 9.17) is 15.7 Å². The Hall–Kier alpha value is -2.08. The number of hydrogen-bond donors (Lipinski definition) is 3. The first-order chi connectivity index (χ1) is 10.0. The van der Waals surface area contributed by atoms with Crippen LogP contribution < -0.4 is 11.1 Å². The molecule has 6 nitrogen and oxygen atoms in total. The summed E-state index contributed by atoms with van der Waals surface area (Å²) in [6, 6.07) is 6.64. The fourth-order valence-corrected chi connectivity index (χ4v) is 1.73. The fourth-order valence-electron chi connectivity index (χ4n) is 1.73. The molecular formula is C15H23N3O3. The van der Waals surface area contributed by atoms with Gasteiger partial charge < -0.3 is 21.0 Å². The first kappa shape index (κ1) is 17.0. The Bertz CT molecular complexity index is 487. The number of carbonyl (C=O) groups is 1. The van der Waals surface area contributed by atoms with Gasteiger partial charge in [-0.25, -0.2) is 0 Å². The third-order valence-electron chi connectivity index (χ3n) is 2.84. The molecule has 116 valence electrons. The van der Waals surface area contributed by atoms with Gasteiger partial charge in [-0.1, -0.05) is 17.3 Å². The van der Waals surface area contributed by atoms with Gasteiger partial charge >= 0.3 is 0 Å². The van der Waals surface area contributed by atoms with Crippen molar-refractivity contribution in [3.05, 3.63) is 35.4 Å². The zero-order valence-electron chi connectivity index (χ0n) is 12.5. The van der Waals surface area contributed by atoms with Gasteiger partial charge in [0.15, 0.2) is 5.84 Å². The third kappa shape index (κ3) is 6.27. The summed E-state index contributed by atoms with van der Waals surface area (Å²) < 4.78 is 5.42. The molecule has 6 heteroatoms. The number of oxime groups is 1. The van der Waals surface area contributed by atoms with E-state index in [9.17, 15) is 4.79 Å². The first-order valence-electron chi connectivity index (χ1n) is 7.02. The number of nitrogens with zero attached hydrogens (tertiary/aromatic N) is 1. The Morgan fingerprint density at radius 1 is 1.38 bits per heavy atom. The van der Waals surface area contributed by atoms with Crippen molar-refractivity contribution in [1.82, 2.24) is 5.32 Å². The number of amides is 1. The van der Waals surface area contributed by atoms with Crippen LogP contribution in [0.15, 0.2) is 29.4 Å². The number of ether oxygens (including phenoxy) is 1. The van der Waals surface area contributed by atoms with Crippen LogP contribution in [0.25, 0.3) is 0 Å². The highest BCUT2D eigenvalue weighted by atomic mass is 16.5. The van der Waals surface area contributed by atoms with Gasteiger partial charge in [0.05, 0.1) is 6.10 Å². The van der Waals surface area contributed by atoms with Crippen LogP contribution in [0.1, 0.15) is 42.6 Å². The minimum absolute atomic E-state index is 0.0181. The van der Waals surface area contributed by atoms with Crippen LogP contribution in [0.4, 0.5) is 0 Å². The van der Waals surface area contributed by atoms with E-state index in [2.05, 4.69) is 10.5 Å². The van der Waals surface area contributed by atoms with Gasteiger partial charge in [0.1, 0.15) is 0 Å². The van der Waals surface area contributed by atoms with Gasteiger partial charge in [-0.15, -0.1) is 0 Å². The van der Waals surface area contributed by atoms with Crippen LogP contribution in [-0.2, 0) is 4.74 Å². The average Bonchev–Trinajstić information content (AvgIpc) is 2.49. The number of carbonyl (C=O) groups excluding carboxylic acids is 1. The minimum atomic E-state index is -0.174. The molecule has 0 atom stereocenters. The van der Waals surface area contributed by atoms with Gasteiger partial charge in [0.2, 0.25) is 0 Å². The molecule has 1 rings (SSSR count). The lowest BCUT2D eigenvalue weighted by atomic mass is 10.1. The summed E-state index contributed by atoms with van der Waals surface area (Å²) in [4.78, 5) is 12.0. The molecule has 21 heavy (non-hydrogen) atoms. The van der Waals surface area contributed by atoms with Gasteiger partial charge in [0, 0.05) is 24.3 Å². The lowest BCUT2D eigenvalue weighted by Crippen LogP contribution is -2.25. The molecule has 0 bridgehead atoms. The molecule has 1 aromatic carbocycles. The normalized spacial score (nSPS) is 11.7. The summed E-state index contributed by atoms with van der Waals surface area (Å²) in [5.41, 5.74) is 6.49. The number of rotatable bonds is 8. The maximum atomic E-state index is 12.0. The maximum absolute atomic E-state index is 12.0. The number of nitrogens with two attached hydrogens (primary N) is 1. The molecule has 0 aliphatic rings. The first-order valence-corrected chi connectivity index (χ1v) is 7.02. The number of hydrogen-bond acceptors (Lipinski definition) is 4. The van der Waals surface area contributed by atoms with Gasteiger partial charge in [-0.3, -0.25) is 4.79 Å². The average molecular weight is 293 g/mol. The van der Waals surface area contributed by atoms with Gasteiger partial charge in [-0.05, 0) is 38.8 Å². The van der Waals surface area contributed by atoms with Crippen molar-refractivity contribution in [2.45, 2.75) is 32.8 Å². The van der Waals surface area contributed by atoms with Crippen LogP contribution in [0.3, 0.4) is 0 Å². The second kappa shape index (κ2) is 8.97. The zero-order valence-corrected chi connectivity index (χ0v) is 12.5. The van der Waals surface area contributed by atoms with Crippen LogP contribution in [-0.4, -0.2) is 36.2 Å². The predicted octanol–water partition coefficient (Wildman–Crippen LogP) is 1.72. The summed E-state index contributed by atoms with van der Waals surface area (Å²) in [5.74, 6) is -0.192. The van der Waals surface area contributed by atoms with Crippen molar-refractivity contribution in [2.24, 2.45) is 10.9 Å². The molecule has 0 aliphatic carbocycles. The second-order valence-corrected chi connectivity index (χ2v) is 4.95. The zero-order chi connectivity index (χ0) is 15.7. The fraction of sp³-hybridized carbons (Fsp3) is 0.467. The summed E-state index contributed by atoms with van der Waals surface area (Å²) in [6.45, 7) is 5.28. The van der Waals surface area contributed by atoms with E-state index in [0.717, 1.165) is 12.8 Å². The predicted molar refractivity (Wildman–Crippen MR) is 81.6 cm³/mol. The summed E-state index contributed by atoms with van der Waals surface area (Å²) in [5, 5.41) is 14.4. The highest BCUT2D eigenvalue weighted by molar-refractivity contribution is 6.01. The largest absolute Gasteiger partial charge is 0.409 e. The monoisotopic (exact) mass is 293 g/mol. The lowest BCUT2D eigenvalue weighted by Gasteiger charge is -2.08. The highest BCUT2D eigenvalue weighted by Crippen LogP contribution is 2.05. The Kier molecular flexibility index (Phi) is 7.25. The van der Waals surface area contributed by atoms with Crippen LogP contribution in [0, 0.1) is 0 Å². The Labute approximate surface area is 125 Å². The van der Waals surface area contributed by atoms with Crippen molar-refractivity contribution in [3.8, 4) is 0 Å². The van der Waals surface area contributed by atoms with E-state index in [1.54, 1.807) is 24.3 Å². The van der Waals surface area contributed by atoms with E-state index in [-0.39, 0.29) is 17.8 Å². The standard InChI is InChI=1S/C15H23N3O3/c1-11(2)21-9-4-3-8-17-15(19)13-7-5-6-12(10-13)14(16)18-20/h5-7,10-11,20H,3-4,8-9H2,1-2H3,(H2,16,18)(H,17,19). The Morgan fingerprint density at radius 3 is 2.76 bits per heavy atom. The van der Waals surface area contributed by atoms with Gasteiger partial charge in [0.25, 0.3) is 5.91 Å². The van der Waals surface area contributed by atoms with Crippen molar-refractivity contribution in [2.75, 3.05) is 13.2 Å². The molecule has 0 saturated heterocycles. The van der Waals surface area contributed by atoms with Crippen LogP contribution in [0.5, 0.6) is 0 Å². The molecule has 0 radical (unpaired) electrons. The minimum Gasteiger partial charge on any atom is -0.409 e. The number of nitrogens with one attached hydrogen (secondary N) is 1. The summed E-state index contributed by atoms with van der Waals surface area (Å²) in [6.07, 6.45) is 2.00. The van der Waals surface area contributed by atoms with E-state index in [1.807, 2.05) is 13.8 Å². The van der Waals surface area contributed by atoms with Gasteiger partial charge in [-0.2, -0.15) is 0 Å². The van der Waals surface area contributed by atoms with Crippen molar-refractivity contribution in [3.63, 3.8) is 0 Å². The maximum Gasteiger partial charge on any atom is 0.251 e. The molecular weight excluding hydrogens is 270 g/mol. The lowest BCUT2D eigenvalue weighted by molar-refractivity contribution is 0.0754. The van der Waals surface area contributed by atoms with Crippen LogP contribution in [0.2, 0.25) is 0 Å². The number of benzene rings is 1. The van der Waals surface area contributed by atoms with E-state index < -0.39 is 0 Å². The number of unbranched alkanes of at least 4 members (excludes halogenated alkanes) is 1. The quantitative estimate of drug-likeness (QED) is 0.223. The van der Waals surface area contributed by atoms with Crippen molar-refractivity contribution < 1.29 is 14.7 Å². The molecule has 0 fully saturated rings. The molecule has 0 heterocycles. The highest BCUT2D eigenvalue weighted by Gasteiger charge is 2.07. The summed E-state index contributed by atoms with van der Waals surface area (Å²) >= 11 is 0. The summed E-state index contributed by atoms with van der Waals surface area (Å²) in [7, 11) is 0. The van der Waals surface area contributed by atoms with Crippen molar-refractivity contribution >= 4 is 11.7 Å². The molecule has 0 saturated carbocycles. The van der Waals surface area contributed by atoms with Crippen molar-refractivity contribution in [1.29, 1.82) is 0 Å². The molecule has 1 aromatic rings. The smallest absolute Gasteiger partial charge is 0.251 e. The van der Waals surface area contributed by atoms with E-state index in [1.165, 1.54) is 0 Å². The SMILES string of the molecule is CC(C)OCCCCNC(=O)c1cccc(/C(N)=N/O)c1. The molecule has 0 aliphatic heterocycles. The molecule has 4 N–H and O–H groups in total. The second-order valence-electron chi connectivity index (χ2n) is 4.95. The Morgan fingerprint density at radius 2 is 2.10 bits per heavy atom. The Balaban J connectivity index is 2.39. The third-order valence-corrected chi connectivity index (χ3v) is 2.84. The van der Waals surface area contributed by atoms with Crippen LogP contribution >= 0.6 is 0 Å². The topological polar surface area (TPSA) is 96.9 Å². The number of amidine groups is 1. The molecule has 1 amide bonds. The molecule has 0 unspecified atom stereocenters.